The topological polar surface area (TPSA) is 69.2 Å². The van der Waals surface area contributed by atoms with Crippen LogP contribution in [0.5, 0.6) is 0 Å². The smallest absolute Gasteiger partial charge is 0.225 e. The third-order valence-electron chi connectivity index (χ3n) is 5.37. The van der Waals surface area contributed by atoms with E-state index < -0.39 is 0 Å². The Hall–Kier alpha value is -0.610. The molecule has 0 bridgehead atoms. The van der Waals surface area contributed by atoms with E-state index in [1.54, 1.807) is 7.11 Å². The third kappa shape index (κ3) is 8.11. The first-order chi connectivity index (χ1) is 12.4. The second-order valence-corrected chi connectivity index (χ2v) is 7.88. The van der Waals surface area contributed by atoms with E-state index in [9.17, 15) is 4.79 Å². The molecule has 1 saturated heterocycles. The van der Waals surface area contributed by atoms with Crippen LogP contribution >= 0.6 is 24.0 Å². The van der Waals surface area contributed by atoms with Gasteiger partial charge in [-0.05, 0) is 33.6 Å². The van der Waals surface area contributed by atoms with Gasteiger partial charge >= 0.3 is 0 Å². The van der Waals surface area contributed by atoms with E-state index in [4.69, 9.17) is 4.74 Å². The summed E-state index contributed by atoms with van der Waals surface area (Å²) in [5.41, 5.74) is -0.258. The Balaban J connectivity index is 0.00000364. The van der Waals surface area contributed by atoms with E-state index in [1.807, 2.05) is 13.8 Å². The molecule has 2 fully saturated rings. The lowest BCUT2D eigenvalue weighted by atomic mass is 9.84. The minimum atomic E-state index is -0.258. The number of carbonyl (C=O) groups excluding carboxylic acids is 1. The first-order valence-electron chi connectivity index (χ1n) is 10.0. The van der Waals surface area contributed by atoms with Crippen LogP contribution in [-0.4, -0.2) is 86.7 Å². The fraction of sp³-hybridized carbons (Fsp3) is 0.895. The average Bonchev–Trinajstić information content (AvgIpc) is 2.59. The summed E-state index contributed by atoms with van der Waals surface area (Å²) in [6.45, 7) is 13.0. The summed E-state index contributed by atoms with van der Waals surface area (Å²) in [6, 6.07) is 0. The van der Waals surface area contributed by atoms with Crippen LogP contribution in [0.3, 0.4) is 0 Å². The van der Waals surface area contributed by atoms with Crippen LogP contribution in [-0.2, 0) is 9.53 Å². The van der Waals surface area contributed by atoms with Crippen molar-refractivity contribution in [2.24, 2.45) is 10.9 Å². The number of hydrogen-bond donors (Lipinski definition) is 2. The summed E-state index contributed by atoms with van der Waals surface area (Å²) in [4.78, 5) is 21.4. The van der Waals surface area contributed by atoms with Crippen LogP contribution in [0, 0.1) is 5.92 Å². The van der Waals surface area contributed by atoms with Gasteiger partial charge in [0.2, 0.25) is 5.91 Å². The van der Waals surface area contributed by atoms with Crippen molar-refractivity contribution in [1.29, 1.82) is 0 Å². The fourth-order valence-electron chi connectivity index (χ4n) is 3.11. The summed E-state index contributed by atoms with van der Waals surface area (Å²) in [5, 5.41) is 6.67. The molecule has 1 amide bonds. The highest BCUT2D eigenvalue weighted by Crippen LogP contribution is 2.28. The second kappa shape index (κ2) is 12.1. The summed E-state index contributed by atoms with van der Waals surface area (Å²) in [6.07, 6.45) is 3.41. The van der Waals surface area contributed by atoms with Crippen LogP contribution < -0.4 is 10.6 Å². The number of nitrogens with zero attached hydrogens (tertiary/aromatic N) is 3. The maximum Gasteiger partial charge on any atom is 0.225 e. The molecule has 7 nitrogen and oxygen atoms in total. The number of aliphatic imine (C=N–C) groups is 1. The number of halogens is 1. The molecule has 0 radical (unpaired) electrons. The van der Waals surface area contributed by atoms with Gasteiger partial charge in [0, 0.05) is 58.8 Å². The van der Waals surface area contributed by atoms with Gasteiger partial charge in [0.25, 0.3) is 0 Å². The van der Waals surface area contributed by atoms with E-state index in [1.165, 1.54) is 6.42 Å². The van der Waals surface area contributed by atoms with E-state index in [0.717, 1.165) is 64.6 Å². The molecule has 0 aromatic carbocycles. The summed E-state index contributed by atoms with van der Waals surface area (Å²) >= 11 is 0. The quantitative estimate of drug-likeness (QED) is 0.304. The predicted octanol–water partition coefficient (Wildman–Crippen LogP) is 1.53. The highest BCUT2D eigenvalue weighted by atomic mass is 127. The predicted molar refractivity (Wildman–Crippen MR) is 121 cm³/mol. The van der Waals surface area contributed by atoms with Gasteiger partial charge in [-0.1, -0.05) is 6.42 Å². The van der Waals surface area contributed by atoms with Gasteiger partial charge in [0.15, 0.2) is 5.96 Å². The van der Waals surface area contributed by atoms with Gasteiger partial charge in [-0.3, -0.25) is 14.7 Å². The van der Waals surface area contributed by atoms with Crippen molar-refractivity contribution >= 4 is 35.8 Å². The van der Waals surface area contributed by atoms with Crippen molar-refractivity contribution in [2.45, 2.75) is 45.6 Å². The maximum absolute atomic E-state index is 12.3. The van der Waals surface area contributed by atoms with Crippen molar-refractivity contribution in [2.75, 3.05) is 59.5 Å². The van der Waals surface area contributed by atoms with Crippen molar-refractivity contribution in [3.05, 3.63) is 0 Å². The van der Waals surface area contributed by atoms with Crippen LogP contribution in [0.4, 0.5) is 0 Å². The lowest BCUT2D eigenvalue weighted by molar-refractivity contribution is -0.139. The van der Waals surface area contributed by atoms with E-state index >= 15 is 0 Å². The molecule has 2 aliphatic rings. The lowest BCUT2D eigenvalue weighted by Crippen LogP contribution is -2.52. The van der Waals surface area contributed by atoms with Gasteiger partial charge in [-0.2, -0.15) is 0 Å². The number of rotatable bonds is 8. The van der Waals surface area contributed by atoms with Gasteiger partial charge in [0.05, 0.1) is 12.1 Å². The zero-order valence-corrected chi connectivity index (χ0v) is 19.8. The maximum atomic E-state index is 12.3. The molecular formula is C19H38IN5O2. The second-order valence-electron chi connectivity index (χ2n) is 7.88. The van der Waals surface area contributed by atoms with Crippen molar-refractivity contribution in [3.8, 4) is 0 Å². The molecule has 0 spiro atoms. The Morgan fingerprint density at radius 2 is 1.85 bits per heavy atom. The zero-order valence-electron chi connectivity index (χ0n) is 17.4. The van der Waals surface area contributed by atoms with E-state index in [0.29, 0.717) is 18.4 Å². The summed E-state index contributed by atoms with van der Waals surface area (Å²) in [7, 11) is 1.71. The van der Waals surface area contributed by atoms with E-state index in [-0.39, 0.29) is 29.6 Å². The normalized spacial score (nSPS) is 19.3. The Labute approximate surface area is 181 Å². The highest BCUT2D eigenvalue weighted by Gasteiger charge is 2.31. The van der Waals surface area contributed by atoms with Gasteiger partial charge in [0.1, 0.15) is 0 Å². The minimum Gasteiger partial charge on any atom is -0.377 e. The van der Waals surface area contributed by atoms with Crippen LogP contribution in [0.25, 0.3) is 0 Å². The largest absolute Gasteiger partial charge is 0.377 e. The third-order valence-corrected chi connectivity index (χ3v) is 5.37. The number of carbonyl (C=O) groups is 1. The molecule has 1 aliphatic carbocycles. The first-order valence-corrected chi connectivity index (χ1v) is 10.0. The van der Waals surface area contributed by atoms with Crippen molar-refractivity contribution in [1.82, 2.24) is 20.4 Å². The summed E-state index contributed by atoms with van der Waals surface area (Å²) < 4.78 is 5.42. The standard InChI is InChI=1S/C19H37N5O2.HI/c1-5-20-18(22-15-19(2,3)26-4)21-9-10-23-11-13-24(14-12-23)17(25)16-7-6-8-16;/h16H,5-15H2,1-4H3,(H2,20,21,22);1H. The molecule has 2 rings (SSSR count). The Morgan fingerprint density at radius 3 is 2.37 bits per heavy atom. The number of guanidine groups is 1. The Morgan fingerprint density at radius 1 is 1.19 bits per heavy atom. The average molecular weight is 495 g/mol. The number of ether oxygens (including phenoxy) is 1. The Bertz CT molecular complexity index is 475. The molecular weight excluding hydrogens is 457 g/mol. The first kappa shape index (κ1) is 24.4. The fourth-order valence-corrected chi connectivity index (χ4v) is 3.11. The lowest BCUT2D eigenvalue weighted by Gasteiger charge is -2.38. The summed E-state index contributed by atoms with van der Waals surface area (Å²) in [5.74, 6) is 1.53. The van der Waals surface area contributed by atoms with Gasteiger partial charge in [-0.25, -0.2) is 0 Å². The van der Waals surface area contributed by atoms with E-state index in [2.05, 4.69) is 32.3 Å². The number of nitrogens with one attached hydrogen (secondary N) is 2. The molecule has 27 heavy (non-hydrogen) atoms. The molecule has 0 unspecified atom stereocenters. The SMILES string of the molecule is CCNC(=NCC(C)(C)OC)NCCN1CCN(C(=O)C2CCC2)CC1.I. The number of hydrogen-bond acceptors (Lipinski definition) is 4. The molecule has 8 heteroatoms. The number of piperazine rings is 1. The zero-order chi connectivity index (χ0) is 19.0. The van der Waals surface area contributed by atoms with Crippen LogP contribution in [0.1, 0.15) is 40.0 Å². The molecule has 0 aromatic rings. The van der Waals surface area contributed by atoms with Crippen LogP contribution in [0.15, 0.2) is 4.99 Å². The number of methoxy groups -OCH3 is 1. The molecule has 158 valence electrons. The Kier molecular flexibility index (Phi) is 10.9. The van der Waals surface area contributed by atoms with Gasteiger partial charge in [-0.15, -0.1) is 24.0 Å². The number of amides is 1. The monoisotopic (exact) mass is 495 g/mol. The molecule has 2 N–H and O–H groups in total. The van der Waals surface area contributed by atoms with Crippen LogP contribution in [0.2, 0.25) is 0 Å². The van der Waals surface area contributed by atoms with Crippen molar-refractivity contribution in [3.63, 3.8) is 0 Å². The molecule has 0 atom stereocenters. The van der Waals surface area contributed by atoms with Gasteiger partial charge < -0.3 is 20.3 Å². The molecule has 1 saturated carbocycles. The molecule has 0 aromatic heterocycles. The molecule has 1 heterocycles. The minimum absolute atomic E-state index is 0. The van der Waals surface area contributed by atoms with Crippen molar-refractivity contribution < 1.29 is 9.53 Å². The molecule has 1 aliphatic heterocycles. The highest BCUT2D eigenvalue weighted by molar-refractivity contribution is 14.0.